The number of carbonyl (C=O) groups is 1. The lowest BCUT2D eigenvalue weighted by molar-refractivity contribution is -0.122. The second kappa shape index (κ2) is 9.15. The molecule has 4 rings (SSSR count). The SMILES string of the molecule is COCCN1C(=O)/C(=C\c2cc(C)n(-c3ccccc3)c2)SC1=Nc1ccccc1. The molecular formula is C24H23N3O2S. The molecule has 1 aromatic heterocycles. The number of thioether (sulfide) groups is 1. The number of aryl methyl sites for hydroxylation is 1. The maximum atomic E-state index is 13.1. The van der Waals surface area contributed by atoms with Crippen molar-refractivity contribution in [3.8, 4) is 5.69 Å². The normalized spacial score (nSPS) is 16.7. The number of methoxy groups -OCH3 is 1. The number of para-hydroxylation sites is 2. The number of carbonyl (C=O) groups excluding carboxylic acids is 1. The Labute approximate surface area is 180 Å². The number of hydrogen-bond donors (Lipinski definition) is 0. The second-order valence-corrected chi connectivity index (χ2v) is 7.92. The van der Waals surface area contributed by atoms with E-state index in [-0.39, 0.29) is 5.91 Å². The van der Waals surface area contributed by atoms with E-state index in [0.29, 0.717) is 23.2 Å². The molecule has 0 unspecified atom stereocenters. The van der Waals surface area contributed by atoms with E-state index in [2.05, 4.69) is 40.9 Å². The van der Waals surface area contributed by atoms with Crippen molar-refractivity contribution in [1.82, 2.24) is 9.47 Å². The van der Waals surface area contributed by atoms with Crippen LogP contribution < -0.4 is 0 Å². The number of nitrogens with zero attached hydrogens (tertiary/aromatic N) is 3. The van der Waals surface area contributed by atoms with Gasteiger partial charge in [0, 0.05) is 24.7 Å². The van der Waals surface area contributed by atoms with Crippen LogP contribution in [0.3, 0.4) is 0 Å². The summed E-state index contributed by atoms with van der Waals surface area (Å²) in [5.41, 5.74) is 4.01. The highest BCUT2D eigenvalue weighted by Gasteiger charge is 2.33. The first-order valence-electron chi connectivity index (χ1n) is 9.74. The summed E-state index contributed by atoms with van der Waals surface area (Å²) in [5.74, 6) is -0.0446. The third-order valence-corrected chi connectivity index (χ3v) is 5.76. The van der Waals surface area contributed by atoms with Crippen molar-refractivity contribution < 1.29 is 9.53 Å². The zero-order valence-corrected chi connectivity index (χ0v) is 17.8. The van der Waals surface area contributed by atoms with E-state index in [1.807, 2.05) is 54.6 Å². The molecule has 1 aliphatic heterocycles. The van der Waals surface area contributed by atoms with Gasteiger partial charge in [-0.2, -0.15) is 0 Å². The lowest BCUT2D eigenvalue weighted by Gasteiger charge is -2.14. The monoisotopic (exact) mass is 417 g/mol. The number of rotatable bonds is 6. The van der Waals surface area contributed by atoms with Gasteiger partial charge in [0.05, 0.1) is 23.7 Å². The minimum atomic E-state index is -0.0446. The lowest BCUT2D eigenvalue weighted by Crippen LogP contribution is -2.32. The van der Waals surface area contributed by atoms with Crippen LogP contribution in [-0.2, 0) is 9.53 Å². The summed E-state index contributed by atoms with van der Waals surface area (Å²) in [4.78, 5) is 20.1. The van der Waals surface area contributed by atoms with E-state index in [0.717, 1.165) is 22.6 Å². The zero-order valence-electron chi connectivity index (χ0n) is 17.0. The Morgan fingerprint density at radius 2 is 1.77 bits per heavy atom. The Morgan fingerprint density at radius 1 is 1.07 bits per heavy atom. The molecule has 152 valence electrons. The molecule has 1 saturated heterocycles. The van der Waals surface area contributed by atoms with E-state index >= 15 is 0 Å². The second-order valence-electron chi connectivity index (χ2n) is 6.91. The fraction of sp³-hybridized carbons (Fsp3) is 0.167. The molecular weight excluding hydrogens is 394 g/mol. The standard InChI is InChI=1S/C24H23N3O2S/c1-18-15-19(17-27(18)21-11-7-4-8-12-21)16-22-23(28)26(13-14-29-2)24(30-22)25-20-9-5-3-6-10-20/h3-12,15-17H,13-14H2,1-2H3/b22-16+,25-24?. The van der Waals surface area contributed by atoms with Gasteiger partial charge in [0.1, 0.15) is 0 Å². The van der Waals surface area contributed by atoms with Crippen molar-refractivity contribution in [2.24, 2.45) is 4.99 Å². The lowest BCUT2D eigenvalue weighted by atomic mass is 10.3. The first kappa shape index (κ1) is 20.2. The molecule has 30 heavy (non-hydrogen) atoms. The van der Waals surface area contributed by atoms with E-state index < -0.39 is 0 Å². The van der Waals surface area contributed by atoms with Crippen LogP contribution in [-0.4, -0.2) is 40.8 Å². The van der Waals surface area contributed by atoms with Gasteiger partial charge in [0.2, 0.25) is 0 Å². The highest BCUT2D eigenvalue weighted by molar-refractivity contribution is 8.18. The summed E-state index contributed by atoms with van der Waals surface area (Å²) in [5, 5.41) is 0.675. The summed E-state index contributed by atoms with van der Waals surface area (Å²) >= 11 is 1.40. The number of ether oxygens (including phenoxy) is 1. The smallest absolute Gasteiger partial charge is 0.266 e. The maximum absolute atomic E-state index is 13.1. The van der Waals surface area contributed by atoms with Crippen LogP contribution in [0.5, 0.6) is 0 Å². The Morgan fingerprint density at radius 3 is 2.47 bits per heavy atom. The molecule has 5 nitrogen and oxygen atoms in total. The van der Waals surface area contributed by atoms with Gasteiger partial charge in [-0.05, 0) is 60.7 Å². The molecule has 3 aromatic rings. The summed E-state index contributed by atoms with van der Waals surface area (Å²) in [6.07, 6.45) is 3.99. The molecule has 2 aromatic carbocycles. The topological polar surface area (TPSA) is 46.8 Å². The summed E-state index contributed by atoms with van der Waals surface area (Å²) in [6, 6.07) is 21.9. The molecule has 0 bridgehead atoms. The van der Waals surface area contributed by atoms with E-state index in [9.17, 15) is 4.79 Å². The average Bonchev–Trinajstić information content (AvgIpc) is 3.27. The van der Waals surface area contributed by atoms with Gasteiger partial charge < -0.3 is 9.30 Å². The third kappa shape index (κ3) is 4.40. The fourth-order valence-electron chi connectivity index (χ4n) is 3.28. The van der Waals surface area contributed by atoms with E-state index in [1.165, 1.54) is 11.8 Å². The molecule has 0 aliphatic carbocycles. The number of aliphatic imine (C=N–C) groups is 1. The van der Waals surface area contributed by atoms with Gasteiger partial charge in [-0.25, -0.2) is 4.99 Å². The van der Waals surface area contributed by atoms with Crippen LogP contribution in [0, 0.1) is 6.92 Å². The third-order valence-electron chi connectivity index (χ3n) is 4.75. The van der Waals surface area contributed by atoms with E-state index in [4.69, 9.17) is 4.74 Å². The first-order chi connectivity index (χ1) is 14.7. The molecule has 2 heterocycles. The molecule has 0 spiro atoms. The molecule has 0 saturated carbocycles. The van der Waals surface area contributed by atoms with Gasteiger partial charge in [-0.15, -0.1) is 0 Å². The summed E-state index contributed by atoms with van der Waals surface area (Å²) in [7, 11) is 1.63. The summed E-state index contributed by atoms with van der Waals surface area (Å²) in [6.45, 7) is 2.98. The van der Waals surface area contributed by atoms with Crippen LogP contribution in [0.25, 0.3) is 11.8 Å². The van der Waals surface area contributed by atoms with Crippen LogP contribution in [0.2, 0.25) is 0 Å². The fourth-order valence-corrected chi connectivity index (χ4v) is 4.30. The average molecular weight is 418 g/mol. The van der Waals surface area contributed by atoms with Crippen molar-refractivity contribution >= 4 is 34.6 Å². The predicted molar refractivity (Wildman–Crippen MR) is 123 cm³/mol. The van der Waals surface area contributed by atoms with E-state index in [1.54, 1.807) is 12.0 Å². The van der Waals surface area contributed by atoms with Crippen molar-refractivity contribution in [2.75, 3.05) is 20.3 Å². The van der Waals surface area contributed by atoms with Gasteiger partial charge in [0.25, 0.3) is 5.91 Å². The molecule has 1 fully saturated rings. The largest absolute Gasteiger partial charge is 0.383 e. The first-order valence-corrected chi connectivity index (χ1v) is 10.6. The van der Waals surface area contributed by atoms with Gasteiger partial charge >= 0.3 is 0 Å². The van der Waals surface area contributed by atoms with Crippen molar-refractivity contribution in [1.29, 1.82) is 0 Å². The quantitative estimate of drug-likeness (QED) is 0.528. The maximum Gasteiger partial charge on any atom is 0.266 e. The predicted octanol–water partition coefficient (Wildman–Crippen LogP) is 5.04. The van der Waals surface area contributed by atoms with Crippen LogP contribution >= 0.6 is 11.8 Å². The van der Waals surface area contributed by atoms with Gasteiger partial charge in [-0.3, -0.25) is 9.69 Å². The molecule has 1 aliphatic rings. The molecule has 1 amide bonds. The number of aromatic nitrogens is 1. The number of benzene rings is 2. The zero-order chi connectivity index (χ0) is 20.9. The Bertz CT molecular complexity index is 1090. The van der Waals surface area contributed by atoms with Crippen LogP contribution in [0.1, 0.15) is 11.3 Å². The number of amidine groups is 1. The highest BCUT2D eigenvalue weighted by atomic mass is 32.2. The Balaban J connectivity index is 1.65. The molecule has 6 heteroatoms. The van der Waals surface area contributed by atoms with Crippen LogP contribution in [0.4, 0.5) is 5.69 Å². The molecule has 0 N–H and O–H groups in total. The minimum Gasteiger partial charge on any atom is -0.383 e. The molecule has 0 radical (unpaired) electrons. The van der Waals surface area contributed by atoms with Gasteiger partial charge in [0.15, 0.2) is 5.17 Å². The Kier molecular flexibility index (Phi) is 6.16. The minimum absolute atomic E-state index is 0.0446. The van der Waals surface area contributed by atoms with Crippen LogP contribution in [0.15, 0.2) is 82.8 Å². The highest BCUT2D eigenvalue weighted by Crippen LogP contribution is 2.34. The summed E-state index contributed by atoms with van der Waals surface area (Å²) < 4.78 is 7.31. The van der Waals surface area contributed by atoms with Crippen molar-refractivity contribution in [2.45, 2.75) is 6.92 Å². The van der Waals surface area contributed by atoms with Gasteiger partial charge in [-0.1, -0.05) is 36.4 Å². The van der Waals surface area contributed by atoms with Crippen molar-refractivity contribution in [3.05, 3.63) is 89.1 Å². The Hall–Kier alpha value is -3.09. The number of hydrogen-bond acceptors (Lipinski definition) is 4. The van der Waals surface area contributed by atoms with Crippen molar-refractivity contribution in [3.63, 3.8) is 0 Å². The molecule has 0 atom stereocenters. The number of amides is 1.